The number of ether oxygens (including phenoxy) is 2. The van der Waals surface area contributed by atoms with E-state index >= 15 is 0 Å². The van der Waals surface area contributed by atoms with Crippen LogP contribution in [-0.4, -0.2) is 36.6 Å². The van der Waals surface area contributed by atoms with Crippen molar-refractivity contribution in [3.63, 3.8) is 0 Å². The Kier molecular flexibility index (Phi) is 17.6. The van der Waals surface area contributed by atoms with Crippen molar-refractivity contribution in [1.82, 2.24) is 5.32 Å². The standard InChI is InChI=1S/C29H53NO5/c1-5-7-9-11-12-13-14-15-16-18-24(34-29(33)26(30-22-31)20-23(3)4)21-27-25(28(32)35-27)19-17-10-8-6-2/h22-27H,5-21H2,1-4H3,(H,30,31)/t24?,25-,26+,27?/m0/s1. The fraction of sp³-hybridized carbons (Fsp3) is 0.897. The van der Waals surface area contributed by atoms with Crippen molar-refractivity contribution in [1.29, 1.82) is 0 Å². The number of nitrogens with one attached hydrogen (secondary N) is 1. The summed E-state index contributed by atoms with van der Waals surface area (Å²) in [5.41, 5.74) is 0. The highest BCUT2D eigenvalue weighted by molar-refractivity contribution is 5.79. The Morgan fingerprint density at radius 2 is 1.51 bits per heavy atom. The Balaban J connectivity index is 2.58. The molecule has 0 aromatic carbocycles. The highest BCUT2D eigenvalue weighted by atomic mass is 16.6. The number of hydrogen-bond donors (Lipinski definition) is 1. The van der Waals surface area contributed by atoms with E-state index in [4.69, 9.17) is 9.47 Å². The van der Waals surface area contributed by atoms with Gasteiger partial charge in [0.2, 0.25) is 6.41 Å². The summed E-state index contributed by atoms with van der Waals surface area (Å²) in [5.74, 6) is -0.302. The van der Waals surface area contributed by atoms with E-state index in [-0.39, 0.29) is 36.0 Å². The zero-order valence-electron chi connectivity index (χ0n) is 23.0. The molecule has 0 aromatic heterocycles. The zero-order valence-corrected chi connectivity index (χ0v) is 23.0. The summed E-state index contributed by atoms with van der Waals surface area (Å²) >= 11 is 0. The summed E-state index contributed by atoms with van der Waals surface area (Å²) in [5, 5.41) is 2.62. The van der Waals surface area contributed by atoms with Crippen LogP contribution in [0.1, 0.15) is 137 Å². The van der Waals surface area contributed by atoms with Crippen LogP contribution in [0.25, 0.3) is 0 Å². The van der Waals surface area contributed by atoms with E-state index in [1.807, 2.05) is 13.8 Å². The molecule has 0 spiro atoms. The van der Waals surface area contributed by atoms with Crippen LogP contribution in [0, 0.1) is 11.8 Å². The van der Waals surface area contributed by atoms with Gasteiger partial charge in [0.15, 0.2) is 0 Å². The molecule has 1 saturated heterocycles. The van der Waals surface area contributed by atoms with Crippen LogP contribution in [0.3, 0.4) is 0 Å². The lowest BCUT2D eigenvalue weighted by Gasteiger charge is -2.37. The molecule has 1 heterocycles. The van der Waals surface area contributed by atoms with Crippen LogP contribution in [-0.2, 0) is 23.9 Å². The summed E-state index contributed by atoms with van der Waals surface area (Å²) in [6, 6.07) is -0.632. The van der Waals surface area contributed by atoms with E-state index in [0.29, 0.717) is 19.3 Å². The maximum absolute atomic E-state index is 12.9. The Bertz CT molecular complexity index is 579. The van der Waals surface area contributed by atoms with Gasteiger partial charge in [-0.05, 0) is 31.6 Å². The molecule has 4 atom stereocenters. The van der Waals surface area contributed by atoms with Gasteiger partial charge in [0.1, 0.15) is 18.2 Å². The van der Waals surface area contributed by atoms with Crippen molar-refractivity contribution >= 4 is 18.3 Å². The molecule has 1 fully saturated rings. The van der Waals surface area contributed by atoms with E-state index in [2.05, 4.69) is 19.2 Å². The molecule has 204 valence electrons. The van der Waals surface area contributed by atoms with Crippen LogP contribution in [0.15, 0.2) is 0 Å². The maximum atomic E-state index is 12.9. The lowest BCUT2D eigenvalue weighted by Crippen LogP contribution is -2.48. The normalized spacial score (nSPS) is 19.1. The highest BCUT2D eigenvalue weighted by Gasteiger charge is 2.43. The van der Waals surface area contributed by atoms with E-state index in [1.165, 1.54) is 57.8 Å². The van der Waals surface area contributed by atoms with Crippen molar-refractivity contribution in [2.45, 2.75) is 155 Å². The van der Waals surface area contributed by atoms with Gasteiger partial charge >= 0.3 is 11.9 Å². The average molecular weight is 496 g/mol. The number of rotatable bonds is 23. The first-order valence-electron chi connectivity index (χ1n) is 14.5. The van der Waals surface area contributed by atoms with Gasteiger partial charge in [0.25, 0.3) is 0 Å². The van der Waals surface area contributed by atoms with Gasteiger partial charge in [-0.15, -0.1) is 0 Å². The molecule has 1 aliphatic rings. The summed E-state index contributed by atoms with van der Waals surface area (Å²) in [7, 11) is 0. The predicted molar refractivity (Wildman–Crippen MR) is 141 cm³/mol. The summed E-state index contributed by atoms with van der Waals surface area (Å²) < 4.78 is 11.4. The number of hydrogen-bond acceptors (Lipinski definition) is 5. The first-order chi connectivity index (χ1) is 16.9. The lowest BCUT2D eigenvalue weighted by atomic mass is 9.86. The van der Waals surface area contributed by atoms with Gasteiger partial charge in [-0.2, -0.15) is 0 Å². The molecule has 1 N–H and O–H groups in total. The van der Waals surface area contributed by atoms with Crippen LogP contribution in [0.4, 0.5) is 0 Å². The van der Waals surface area contributed by atoms with Gasteiger partial charge in [-0.1, -0.05) is 105 Å². The quantitative estimate of drug-likeness (QED) is 0.0949. The van der Waals surface area contributed by atoms with Gasteiger partial charge in [-0.3, -0.25) is 9.59 Å². The van der Waals surface area contributed by atoms with Gasteiger partial charge < -0.3 is 14.8 Å². The molecule has 2 unspecified atom stereocenters. The summed E-state index contributed by atoms with van der Waals surface area (Å²) in [4.78, 5) is 36.0. The first kappa shape index (κ1) is 31.4. The van der Waals surface area contributed by atoms with E-state index in [1.54, 1.807) is 0 Å². The molecule has 1 rings (SSSR count). The average Bonchev–Trinajstić information content (AvgIpc) is 2.81. The van der Waals surface area contributed by atoms with Crippen molar-refractivity contribution < 1.29 is 23.9 Å². The largest absolute Gasteiger partial charge is 0.461 e. The second-order valence-corrected chi connectivity index (χ2v) is 10.8. The van der Waals surface area contributed by atoms with Crippen LogP contribution in [0.5, 0.6) is 0 Å². The molecule has 0 aliphatic carbocycles. The molecule has 1 amide bonds. The molecule has 1 aliphatic heterocycles. The van der Waals surface area contributed by atoms with Crippen LogP contribution in [0.2, 0.25) is 0 Å². The number of amides is 1. The fourth-order valence-electron chi connectivity index (χ4n) is 4.90. The highest BCUT2D eigenvalue weighted by Crippen LogP contribution is 2.32. The molecular formula is C29H53NO5. The number of cyclic esters (lactones) is 1. The van der Waals surface area contributed by atoms with Crippen molar-refractivity contribution in [3.05, 3.63) is 0 Å². The number of unbranched alkanes of at least 4 members (excludes halogenated alkanes) is 11. The molecule has 0 saturated carbocycles. The monoisotopic (exact) mass is 495 g/mol. The third-order valence-corrected chi connectivity index (χ3v) is 7.06. The zero-order chi connectivity index (χ0) is 25.9. The van der Waals surface area contributed by atoms with E-state index < -0.39 is 6.04 Å². The summed E-state index contributed by atoms with van der Waals surface area (Å²) in [6.45, 7) is 8.45. The van der Waals surface area contributed by atoms with E-state index in [0.717, 1.165) is 38.5 Å². The first-order valence-corrected chi connectivity index (χ1v) is 14.5. The Labute approximate surface area is 214 Å². The maximum Gasteiger partial charge on any atom is 0.328 e. The smallest absolute Gasteiger partial charge is 0.328 e. The van der Waals surface area contributed by atoms with Gasteiger partial charge in [0, 0.05) is 6.42 Å². The number of esters is 2. The third kappa shape index (κ3) is 13.9. The predicted octanol–water partition coefficient (Wildman–Crippen LogP) is 6.88. The minimum Gasteiger partial charge on any atom is -0.461 e. The minimum atomic E-state index is -0.632. The molecule has 35 heavy (non-hydrogen) atoms. The molecule has 0 radical (unpaired) electrons. The fourth-order valence-corrected chi connectivity index (χ4v) is 4.90. The van der Waals surface area contributed by atoms with Crippen molar-refractivity contribution in [2.24, 2.45) is 11.8 Å². The van der Waals surface area contributed by atoms with Crippen LogP contribution >= 0.6 is 0 Å². The Morgan fingerprint density at radius 1 is 0.943 bits per heavy atom. The molecular weight excluding hydrogens is 442 g/mol. The third-order valence-electron chi connectivity index (χ3n) is 7.06. The summed E-state index contributed by atoms with van der Waals surface area (Å²) in [6.07, 6.45) is 18.5. The molecule has 0 bridgehead atoms. The van der Waals surface area contributed by atoms with Gasteiger partial charge in [0.05, 0.1) is 5.92 Å². The SMILES string of the molecule is CCCCCCCCCCCC(CC1OC(=O)[C@H]1CCCCCC)OC(=O)[C@@H](CC(C)C)NC=O. The minimum absolute atomic E-state index is 0.0734. The van der Waals surface area contributed by atoms with Crippen molar-refractivity contribution in [2.75, 3.05) is 0 Å². The van der Waals surface area contributed by atoms with E-state index in [9.17, 15) is 14.4 Å². The molecule has 6 heteroatoms. The molecule has 0 aromatic rings. The number of carbonyl (C=O) groups is 3. The molecule has 6 nitrogen and oxygen atoms in total. The lowest BCUT2D eigenvalue weighted by molar-refractivity contribution is -0.190. The van der Waals surface area contributed by atoms with Crippen LogP contribution < -0.4 is 5.32 Å². The van der Waals surface area contributed by atoms with Crippen molar-refractivity contribution in [3.8, 4) is 0 Å². The number of carbonyl (C=O) groups excluding carboxylic acids is 3. The second kappa shape index (κ2) is 19.6. The van der Waals surface area contributed by atoms with Gasteiger partial charge in [-0.25, -0.2) is 4.79 Å². The topological polar surface area (TPSA) is 81.7 Å². The second-order valence-electron chi connectivity index (χ2n) is 10.8. The Morgan fingerprint density at radius 3 is 2.06 bits per heavy atom. The Hall–Kier alpha value is -1.59.